The Hall–Kier alpha value is -2.45. The van der Waals surface area contributed by atoms with Gasteiger partial charge in [0.1, 0.15) is 11.9 Å². The van der Waals surface area contributed by atoms with E-state index < -0.39 is 30.4 Å². The van der Waals surface area contributed by atoms with Gasteiger partial charge in [-0.3, -0.25) is 9.59 Å². The molecule has 2 rings (SSSR count). The summed E-state index contributed by atoms with van der Waals surface area (Å²) in [6.45, 7) is 1.65. The summed E-state index contributed by atoms with van der Waals surface area (Å²) in [5.74, 6) is -0.741. The molecule has 1 aromatic rings. The lowest BCUT2D eigenvalue weighted by Crippen LogP contribution is -2.44. The average molecular weight is 366 g/mol. The van der Waals surface area contributed by atoms with E-state index in [0.717, 1.165) is 5.56 Å². The third kappa shape index (κ3) is 5.27. The summed E-state index contributed by atoms with van der Waals surface area (Å²) >= 11 is 0. The van der Waals surface area contributed by atoms with Crippen LogP contribution in [-0.2, 0) is 35.1 Å². The van der Waals surface area contributed by atoms with Gasteiger partial charge in [-0.15, -0.1) is 0 Å². The van der Waals surface area contributed by atoms with Crippen molar-refractivity contribution in [3.05, 3.63) is 29.3 Å². The second kappa shape index (κ2) is 9.30. The molecule has 0 N–H and O–H groups in total. The predicted molar refractivity (Wildman–Crippen MR) is 88.6 cm³/mol. The van der Waals surface area contributed by atoms with Gasteiger partial charge in [-0.2, -0.15) is 0 Å². The fourth-order valence-corrected chi connectivity index (χ4v) is 2.73. The second-order valence-electron chi connectivity index (χ2n) is 5.82. The molecule has 3 atom stereocenters. The summed E-state index contributed by atoms with van der Waals surface area (Å²) in [6.07, 6.45) is -1.27. The molecule has 0 spiro atoms. The molecule has 1 heterocycles. The Bertz CT molecular complexity index is 657. The molecule has 26 heavy (non-hydrogen) atoms. The number of hydrogen-bond donors (Lipinski definition) is 0. The zero-order valence-electron chi connectivity index (χ0n) is 14.9. The van der Waals surface area contributed by atoms with Crippen LogP contribution in [0.1, 0.15) is 35.7 Å². The summed E-state index contributed by atoms with van der Waals surface area (Å²) in [7, 11) is 2.80. The molecule has 1 saturated heterocycles. The summed E-state index contributed by atoms with van der Waals surface area (Å²) < 4.78 is 26.3. The van der Waals surface area contributed by atoms with Crippen LogP contribution in [0.2, 0.25) is 0 Å². The molecule has 8 heteroatoms. The highest BCUT2D eigenvalue weighted by Crippen LogP contribution is 2.28. The minimum Gasteiger partial charge on any atom is -0.467 e. The van der Waals surface area contributed by atoms with Crippen LogP contribution in [0.15, 0.2) is 18.2 Å². The first-order chi connectivity index (χ1) is 12.5. The van der Waals surface area contributed by atoms with Crippen molar-refractivity contribution in [1.29, 1.82) is 0 Å². The Labute approximate surface area is 151 Å². The van der Waals surface area contributed by atoms with Crippen molar-refractivity contribution in [2.75, 3.05) is 14.2 Å². The van der Waals surface area contributed by atoms with Crippen molar-refractivity contribution in [3.63, 3.8) is 0 Å². The molecular formula is C18H22O8. The van der Waals surface area contributed by atoms with Gasteiger partial charge in [0.15, 0.2) is 12.4 Å². The van der Waals surface area contributed by atoms with Crippen LogP contribution in [0.5, 0.6) is 5.75 Å². The molecular weight excluding hydrogens is 344 g/mol. The first kappa shape index (κ1) is 19.9. The molecule has 0 aliphatic carbocycles. The van der Waals surface area contributed by atoms with E-state index in [1.165, 1.54) is 14.0 Å². The number of carbonyl (C=O) groups is 3. The van der Waals surface area contributed by atoms with Gasteiger partial charge in [0, 0.05) is 26.9 Å². The molecule has 8 nitrogen and oxygen atoms in total. The number of hydrogen-bond acceptors (Lipinski definition) is 8. The minimum atomic E-state index is -0.921. The maximum Gasteiger partial charge on any atom is 0.335 e. The number of rotatable bonds is 7. The quantitative estimate of drug-likeness (QED) is 0.531. The molecule has 0 amide bonds. The maximum absolute atomic E-state index is 11.8. The number of carbonyl (C=O) groups excluding carboxylic acids is 3. The van der Waals surface area contributed by atoms with E-state index in [9.17, 15) is 14.4 Å². The fraction of sp³-hybridized carbons (Fsp3) is 0.500. The number of ether oxygens (including phenoxy) is 5. The van der Waals surface area contributed by atoms with Gasteiger partial charge in [0.2, 0.25) is 6.29 Å². The number of methoxy groups -OCH3 is 2. The van der Waals surface area contributed by atoms with Crippen LogP contribution in [-0.4, -0.2) is 50.9 Å². The summed E-state index contributed by atoms with van der Waals surface area (Å²) in [5.41, 5.74) is 1.14. The molecule has 3 unspecified atom stereocenters. The van der Waals surface area contributed by atoms with Crippen LogP contribution >= 0.6 is 0 Å². The molecule has 1 aliphatic heterocycles. The van der Waals surface area contributed by atoms with Crippen LogP contribution in [0, 0.1) is 0 Å². The Morgan fingerprint density at radius 1 is 1.27 bits per heavy atom. The number of aldehydes is 1. The normalized spacial score (nSPS) is 22.3. The van der Waals surface area contributed by atoms with E-state index in [4.69, 9.17) is 23.7 Å². The van der Waals surface area contributed by atoms with Gasteiger partial charge in [0.05, 0.1) is 19.3 Å². The summed E-state index contributed by atoms with van der Waals surface area (Å²) in [6, 6.07) is 5.04. The van der Waals surface area contributed by atoms with Gasteiger partial charge in [0.25, 0.3) is 0 Å². The topological polar surface area (TPSA) is 97.4 Å². The largest absolute Gasteiger partial charge is 0.467 e. The van der Waals surface area contributed by atoms with Crippen molar-refractivity contribution in [2.24, 2.45) is 0 Å². The fourth-order valence-electron chi connectivity index (χ4n) is 2.73. The van der Waals surface area contributed by atoms with Crippen LogP contribution in [0.3, 0.4) is 0 Å². The van der Waals surface area contributed by atoms with Crippen molar-refractivity contribution < 1.29 is 38.1 Å². The van der Waals surface area contributed by atoms with Crippen molar-refractivity contribution >= 4 is 18.2 Å². The zero-order valence-corrected chi connectivity index (χ0v) is 14.9. The van der Waals surface area contributed by atoms with Gasteiger partial charge < -0.3 is 23.7 Å². The SMILES string of the molecule is COCc1ccc(OC2CC(OC(C)=O)CC(C(=O)OC)O2)c(C=O)c1. The van der Waals surface area contributed by atoms with E-state index in [0.29, 0.717) is 24.2 Å². The third-order valence-electron chi connectivity index (χ3n) is 3.82. The Morgan fingerprint density at radius 2 is 2.04 bits per heavy atom. The summed E-state index contributed by atoms with van der Waals surface area (Å²) in [4.78, 5) is 34.4. The molecule has 0 radical (unpaired) electrons. The van der Waals surface area contributed by atoms with Crippen LogP contribution < -0.4 is 4.74 Å². The Kier molecular flexibility index (Phi) is 7.11. The molecule has 1 aromatic carbocycles. The van der Waals surface area contributed by atoms with Gasteiger partial charge in [-0.25, -0.2) is 4.79 Å². The lowest BCUT2D eigenvalue weighted by Gasteiger charge is -2.33. The monoisotopic (exact) mass is 366 g/mol. The van der Waals surface area contributed by atoms with Gasteiger partial charge in [-0.1, -0.05) is 6.07 Å². The highest BCUT2D eigenvalue weighted by atomic mass is 16.7. The second-order valence-corrected chi connectivity index (χ2v) is 5.82. The first-order valence-corrected chi connectivity index (χ1v) is 8.11. The predicted octanol–water partition coefficient (Wildman–Crippen LogP) is 1.63. The smallest absolute Gasteiger partial charge is 0.335 e. The number of esters is 2. The van der Waals surface area contributed by atoms with Gasteiger partial charge in [-0.05, 0) is 17.7 Å². The Morgan fingerprint density at radius 3 is 2.65 bits per heavy atom. The lowest BCUT2D eigenvalue weighted by atomic mass is 10.0. The van der Waals surface area contributed by atoms with Crippen molar-refractivity contribution in [3.8, 4) is 5.75 Å². The highest BCUT2D eigenvalue weighted by molar-refractivity contribution is 5.79. The van der Waals surface area contributed by atoms with E-state index in [-0.39, 0.29) is 12.8 Å². The van der Waals surface area contributed by atoms with Crippen LogP contribution in [0.25, 0.3) is 0 Å². The van der Waals surface area contributed by atoms with Crippen molar-refractivity contribution in [1.82, 2.24) is 0 Å². The van der Waals surface area contributed by atoms with E-state index in [1.54, 1.807) is 25.3 Å². The molecule has 0 aromatic heterocycles. The molecule has 142 valence electrons. The third-order valence-corrected chi connectivity index (χ3v) is 3.82. The lowest BCUT2D eigenvalue weighted by molar-refractivity contribution is -0.204. The van der Waals surface area contributed by atoms with E-state index >= 15 is 0 Å². The molecule has 1 aliphatic rings. The van der Waals surface area contributed by atoms with Crippen LogP contribution in [0.4, 0.5) is 0 Å². The van der Waals surface area contributed by atoms with E-state index in [1.807, 2.05) is 0 Å². The average Bonchev–Trinajstić information content (AvgIpc) is 2.61. The maximum atomic E-state index is 11.8. The van der Waals surface area contributed by atoms with Crippen molar-refractivity contribution in [2.45, 2.75) is 44.9 Å². The standard InChI is InChI=1S/C18H22O8/c1-11(20)24-14-7-16(18(21)23-3)26-17(8-14)25-15-5-4-12(10-22-2)6-13(15)9-19/h4-6,9,14,16-17H,7-8,10H2,1-3H3. The molecule has 1 fully saturated rings. The highest BCUT2D eigenvalue weighted by Gasteiger charge is 2.37. The minimum absolute atomic E-state index is 0.180. The van der Waals surface area contributed by atoms with Gasteiger partial charge >= 0.3 is 11.9 Å². The molecule has 0 bridgehead atoms. The Balaban J connectivity index is 2.16. The molecule has 0 saturated carbocycles. The number of benzene rings is 1. The summed E-state index contributed by atoms with van der Waals surface area (Å²) in [5, 5.41) is 0. The first-order valence-electron chi connectivity index (χ1n) is 8.11. The zero-order chi connectivity index (χ0) is 19.1. The van der Waals surface area contributed by atoms with E-state index in [2.05, 4.69) is 0 Å².